The van der Waals surface area contributed by atoms with Gasteiger partial charge in [0.2, 0.25) is 5.91 Å². The van der Waals surface area contributed by atoms with E-state index in [1.807, 2.05) is 47.7 Å². The van der Waals surface area contributed by atoms with Crippen LogP contribution in [0.2, 0.25) is 0 Å². The van der Waals surface area contributed by atoms with Crippen LogP contribution in [0.1, 0.15) is 40.2 Å². The van der Waals surface area contributed by atoms with Crippen molar-refractivity contribution in [3.63, 3.8) is 0 Å². The zero-order chi connectivity index (χ0) is 16.4. The predicted molar refractivity (Wildman–Crippen MR) is 87.1 cm³/mol. The third-order valence-electron chi connectivity index (χ3n) is 4.40. The number of aromatic nitrogens is 2. The van der Waals surface area contributed by atoms with Gasteiger partial charge in [-0.15, -0.1) is 0 Å². The summed E-state index contributed by atoms with van der Waals surface area (Å²) in [5, 5.41) is 0. The van der Waals surface area contributed by atoms with E-state index in [0.29, 0.717) is 18.7 Å². The van der Waals surface area contributed by atoms with Crippen molar-refractivity contribution < 1.29 is 9.59 Å². The minimum Gasteiger partial charge on any atom is -0.336 e. The fourth-order valence-electron chi connectivity index (χ4n) is 2.89. The summed E-state index contributed by atoms with van der Waals surface area (Å²) in [5.41, 5.74) is 3.97. The summed E-state index contributed by atoms with van der Waals surface area (Å²) in [6, 6.07) is 7.49. The second kappa shape index (κ2) is 6.36. The minimum absolute atomic E-state index is 0.0246. The Morgan fingerprint density at radius 3 is 2.65 bits per heavy atom. The van der Waals surface area contributed by atoms with E-state index in [1.54, 1.807) is 6.33 Å². The Morgan fingerprint density at radius 1 is 1.17 bits per heavy atom. The van der Waals surface area contributed by atoms with Crippen molar-refractivity contribution in [3.05, 3.63) is 53.1 Å². The molecule has 2 aromatic rings. The lowest BCUT2D eigenvalue weighted by Gasteiger charge is -2.27. The first kappa shape index (κ1) is 15.5. The van der Waals surface area contributed by atoms with Crippen LogP contribution >= 0.6 is 0 Å². The van der Waals surface area contributed by atoms with E-state index in [2.05, 4.69) is 4.98 Å². The average Bonchev–Trinajstić information content (AvgIpc) is 2.93. The van der Waals surface area contributed by atoms with Crippen LogP contribution in [0.25, 0.3) is 0 Å². The van der Waals surface area contributed by atoms with E-state index in [9.17, 15) is 9.59 Å². The summed E-state index contributed by atoms with van der Waals surface area (Å²) < 4.78 is 1.96. The van der Waals surface area contributed by atoms with Gasteiger partial charge in [-0.2, -0.15) is 0 Å². The van der Waals surface area contributed by atoms with Crippen molar-refractivity contribution in [2.75, 3.05) is 6.54 Å². The number of hydrogen-bond donors (Lipinski definition) is 0. The average molecular weight is 311 g/mol. The molecule has 5 nitrogen and oxygen atoms in total. The fraction of sp³-hybridized carbons (Fsp3) is 0.389. The first-order valence-electron chi connectivity index (χ1n) is 7.91. The smallest absolute Gasteiger partial charge is 0.223 e. The Kier molecular flexibility index (Phi) is 4.28. The standard InChI is InChI=1S/C18H21N3O2/c1-13-3-5-14(6-4-13)17(22)7-8-18(23)21-10-9-15-16(11-21)20(2)12-19-15/h3-6,12H,7-11H2,1-2H3. The van der Waals surface area contributed by atoms with Crippen molar-refractivity contribution in [2.45, 2.75) is 32.7 Å². The predicted octanol–water partition coefficient (Wildman–Crippen LogP) is 2.28. The van der Waals surface area contributed by atoms with Crippen molar-refractivity contribution in [1.29, 1.82) is 0 Å². The number of fused-ring (bicyclic) bond motifs is 1. The molecule has 0 spiro atoms. The number of aryl methyl sites for hydroxylation is 2. The number of carbonyl (C=O) groups is 2. The largest absolute Gasteiger partial charge is 0.336 e. The van der Waals surface area contributed by atoms with Crippen LogP contribution in [0.3, 0.4) is 0 Å². The lowest BCUT2D eigenvalue weighted by atomic mass is 10.0. The van der Waals surface area contributed by atoms with Crippen molar-refractivity contribution >= 4 is 11.7 Å². The normalized spacial score (nSPS) is 13.7. The van der Waals surface area contributed by atoms with Gasteiger partial charge < -0.3 is 9.47 Å². The summed E-state index contributed by atoms with van der Waals surface area (Å²) >= 11 is 0. The highest BCUT2D eigenvalue weighted by Gasteiger charge is 2.23. The monoisotopic (exact) mass is 311 g/mol. The maximum atomic E-state index is 12.4. The first-order chi connectivity index (χ1) is 11.0. The number of rotatable bonds is 4. The Bertz CT molecular complexity index is 731. The lowest BCUT2D eigenvalue weighted by Crippen LogP contribution is -2.36. The van der Waals surface area contributed by atoms with Crippen LogP contribution < -0.4 is 0 Å². The van der Waals surface area contributed by atoms with Gasteiger partial charge in [-0.05, 0) is 6.92 Å². The number of hydrogen-bond acceptors (Lipinski definition) is 3. The van der Waals surface area contributed by atoms with E-state index in [4.69, 9.17) is 0 Å². The third kappa shape index (κ3) is 3.33. The molecule has 0 unspecified atom stereocenters. The van der Waals surface area contributed by atoms with Crippen LogP contribution in [-0.4, -0.2) is 32.7 Å². The Labute approximate surface area is 135 Å². The molecule has 0 saturated carbocycles. The van der Waals surface area contributed by atoms with E-state index >= 15 is 0 Å². The van der Waals surface area contributed by atoms with E-state index in [-0.39, 0.29) is 24.5 Å². The Morgan fingerprint density at radius 2 is 1.91 bits per heavy atom. The van der Waals surface area contributed by atoms with E-state index < -0.39 is 0 Å². The van der Waals surface area contributed by atoms with Crippen LogP contribution in [0, 0.1) is 6.92 Å². The summed E-state index contributed by atoms with van der Waals surface area (Å²) in [6.45, 7) is 3.26. The Hall–Kier alpha value is -2.43. The van der Waals surface area contributed by atoms with Gasteiger partial charge in [-0.25, -0.2) is 4.98 Å². The number of carbonyl (C=O) groups excluding carboxylic acids is 2. The summed E-state index contributed by atoms with van der Waals surface area (Å²) in [6.07, 6.45) is 3.10. The number of benzene rings is 1. The van der Waals surface area contributed by atoms with Crippen molar-refractivity contribution in [2.24, 2.45) is 7.05 Å². The maximum Gasteiger partial charge on any atom is 0.223 e. The first-order valence-corrected chi connectivity index (χ1v) is 7.91. The molecule has 0 saturated heterocycles. The highest BCUT2D eigenvalue weighted by Crippen LogP contribution is 2.18. The van der Waals surface area contributed by atoms with Gasteiger partial charge in [0.15, 0.2) is 5.78 Å². The second-order valence-electron chi connectivity index (χ2n) is 6.10. The van der Waals surface area contributed by atoms with Gasteiger partial charge in [0.25, 0.3) is 0 Å². The molecule has 0 N–H and O–H groups in total. The summed E-state index contributed by atoms with van der Waals surface area (Å²) in [5.74, 6) is 0.0638. The molecule has 23 heavy (non-hydrogen) atoms. The molecule has 2 heterocycles. The molecule has 0 fully saturated rings. The number of amides is 1. The molecule has 120 valence electrons. The zero-order valence-electron chi connectivity index (χ0n) is 13.6. The number of imidazole rings is 1. The van der Waals surface area contributed by atoms with Gasteiger partial charge in [0, 0.05) is 38.4 Å². The molecule has 1 amide bonds. The molecule has 1 aromatic heterocycles. The van der Waals surface area contributed by atoms with Crippen molar-refractivity contribution in [3.8, 4) is 0 Å². The molecule has 0 bridgehead atoms. The topological polar surface area (TPSA) is 55.2 Å². The van der Waals surface area contributed by atoms with Gasteiger partial charge in [-0.3, -0.25) is 9.59 Å². The molecular formula is C18H21N3O2. The van der Waals surface area contributed by atoms with Crippen LogP contribution in [-0.2, 0) is 24.8 Å². The zero-order valence-corrected chi connectivity index (χ0v) is 13.6. The molecule has 0 radical (unpaired) electrons. The van der Waals surface area contributed by atoms with Gasteiger partial charge in [0.05, 0.1) is 24.3 Å². The highest BCUT2D eigenvalue weighted by molar-refractivity contribution is 5.98. The third-order valence-corrected chi connectivity index (χ3v) is 4.40. The molecule has 1 aliphatic rings. The summed E-state index contributed by atoms with van der Waals surface area (Å²) in [7, 11) is 1.95. The Balaban J connectivity index is 1.57. The molecule has 1 aliphatic heterocycles. The molecule has 3 rings (SSSR count). The maximum absolute atomic E-state index is 12.4. The summed E-state index contributed by atoms with van der Waals surface area (Å²) in [4.78, 5) is 30.7. The SMILES string of the molecule is Cc1ccc(C(=O)CCC(=O)N2CCc3ncn(C)c3C2)cc1. The second-order valence-corrected chi connectivity index (χ2v) is 6.10. The molecule has 5 heteroatoms. The molecule has 0 aliphatic carbocycles. The van der Waals surface area contributed by atoms with E-state index in [0.717, 1.165) is 23.4 Å². The fourth-order valence-corrected chi connectivity index (χ4v) is 2.89. The number of ketones is 1. The molecule has 1 aromatic carbocycles. The van der Waals surface area contributed by atoms with Gasteiger partial charge in [0.1, 0.15) is 0 Å². The van der Waals surface area contributed by atoms with Crippen LogP contribution in [0.4, 0.5) is 0 Å². The highest BCUT2D eigenvalue weighted by atomic mass is 16.2. The number of Topliss-reactive ketones (excluding diaryl/α,β-unsaturated/α-hetero) is 1. The van der Waals surface area contributed by atoms with Gasteiger partial charge >= 0.3 is 0 Å². The van der Waals surface area contributed by atoms with Crippen LogP contribution in [0.15, 0.2) is 30.6 Å². The van der Waals surface area contributed by atoms with Crippen LogP contribution in [0.5, 0.6) is 0 Å². The molecule has 0 atom stereocenters. The van der Waals surface area contributed by atoms with Gasteiger partial charge in [-0.1, -0.05) is 29.8 Å². The van der Waals surface area contributed by atoms with E-state index in [1.165, 1.54) is 0 Å². The van der Waals surface area contributed by atoms with Crippen molar-refractivity contribution in [1.82, 2.24) is 14.5 Å². The lowest BCUT2D eigenvalue weighted by molar-refractivity contribution is -0.132. The molecular weight excluding hydrogens is 290 g/mol. The quantitative estimate of drug-likeness (QED) is 0.814. The number of nitrogens with zero attached hydrogens (tertiary/aromatic N) is 3. The minimum atomic E-state index is 0.0246.